The van der Waals surface area contributed by atoms with Crippen LogP contribution in [0.1, 0.15) is 24.3 Å². The zero-order chi connectivity index (χ0) is 19.3. The summed E-state index contributed by atoms with van der Waals surface area (Å²) in [6.45, 7) is 3.44. The minimum atomic E-state index is -0.675. The molecule has 3 amide bonds. The fourth-order valence-electron chi connectivity index (χ4n) is 2.15. The lowest BCUT2D eigenvalue weighted by atomic mass is 10.1. The van der Waals surface area contributed by atoms with E-state index in [4.69, 9.17) is 11.5 Å². The lowest BCUT2D eigenvalue weighted by Gasteiger charge is -2.15. The molecule has 0 spiro atoms. The highest BCUT2D eigenvalue weighted by Crippen LogP contribution is 2.19. The molecule has 146 valence electrons. The second kappa shape index (κ2) is 9.70. The van der Waals surface area contributed by atoms with Gasteiger partial charge in [0.2, 0.25) is 11.8 Å². The third kappa shape index (κ3) is 5.80. The summed E-state index contributed by atoms with van der Waals surface area (Å²) in [4.78, 5) is 35.1. The Kier molecular flexibility index (Phi) is 7.95. The Morgan fingerprint density at radius 1 is 1.19 bits per heavy atom. The number of carbonyl (C=O) groups is 3. The van der Waals surface area contributed by atoms with Crippen LogP contribution in [0.5, 0.6) is 0 Å². The van der Waals surface area contributed by atoms with Gasteiger partial charge in [-0.15, -0.1) is 12.4 Å². The third-order valence-corrected chi connectivity index (χ3v) is 3.71. The summed E-state index contributed by atoms with van der Waals surface area (Å²) in [6.07, 6.45) is 1.56. The average Bonchev–Trinajstić information content (AvgIpc) is 3.09. The van der Waals surface area contributed by atoms with Crippen LogP contribution in [0.2, 0.25) is 0 Å². The molecule has 0 saturated heterocycles. The van der Waals surface area contributed by atoms with Gasteiger partial charge in [0.1, 0.15) is 5.69 Å². The van der Waals surface area contributed by atoms with Crippen molar-refractivity contribution in [2.45, 2.75) is 19.9 Å². The number of amides is 3. The van der Waals surface area contributed by atoms with Gasteiger partial charge >= 0.3 is 0 Å². The Hall–Kier alpha value is -2.91. The van der Waals surface area contributed by atoms with Gasteiger partial charge in [0, 0.05) is 6.20 Å². The van der Waals surface area contributed by atoms with Crippen LogP contribution in [0, 0.1) is 5.92 Å². The standard InChI is InChI=1S/C17H22N6O3.ClH/c1-10(2)15(18)17(26)20-9-14(24)21-11-5-3-4-6-13(11)23-8-7-12(22-23)16(19)25;/h3-8,10,15H,9,18H2,1-2H3,(H2,19,25)(H,20,26)(H,21,24);1H/t15-;/m0./s1. The molecule has 2 rings (SSSR count). The van der Waals surface area contributed by atoms with E-state index < -0.39 is 17.9 Å². The van der Waals surface area contributed by atoms with Gasteiger partial charge in [0.05, 0.1) is 24.0 Å². The van der Waals surface area contributed by atoms with E-state index in [-0.39, 0.29) is 36.5 Å². The first kappa shape index (κ1) is 22.1. The zero-order valence-corrected chi connectivity index (χ0v) is 15.8. The fourth-order valence-corrected chi connectivity index (χ4v) is 2.15. The Bertz CT molecular complexity index is 821. The number of nitrogens with zero attached hydrogens (tertiary/aromatic N) is 2. The summed E-state index contributed by atoms with van der Waals surface area (Å²) in [5, 5.41) is 9.27. The molecule has 0 unspecified atom stereocenters. The molecule has 0 bridgehead atoms. The van der Waals surface area contributed by atoms with Crippen LogP contribution in [0.4, 0.5) is 5.69 Å². The molecule has 0 aliphatic carbocycles. The molecule has 0 aliphatic rings. The smallest absolute Gasteiger partial charge is 0.269 e. The van der Waals surface area contributed by atoms with Gasteiger partial charge in [-0.25, -0.2) is 4.68 Å². The second-order valence-corrected chi connectivity index (χ2v) is 6.06. The van der Waals surface area contributed by atoms with E-state index in [0.29, 0.717) is 11.4 Å². The van der Waals surface area contributed by atoms with Gasteiger partial charge in [-0.2, -0.15) is 5.10 Å². The first-order valence-corrected chi connectivity index (χ1v) is 8.07. The number of hydrogen-bond acceptors (Lipinski definition) is 5. The lowest BCUT2D eigenvalue weighted by molar-refractivity contribution is -0.125. The Balaban J connectivity index is 0.00000364. The number of aromatic nitrogens is 2. The third-order valence-electron chi connectivity index (χ3n) is 3.71. The summed E-state index contributed by atoms with van der Waals surface area (Å²) < 4.78 is 1.43. The van der Waals surface area contributed by atoms with Crippen LogP contribution in [0.3, 0.4) is 0 Å². The molecular formula is C17H23ClN6O3. The summed E-state index contributed by atoms with van der Waals surface area (Å²) in [7, 11) is 0. The monoisotopic (exact) mass is 394 g/mol. The SMILES string of the molecule is CC(C)[C@H](N)C(=O)NCC(=O)Nc1ccccc1-n1ccc(C(N)=O)n1.Cl. The van der Waals surface area contributed by atoms with E-state index >= 15 is 0 Å². The lowest BCUT2D eigenvalue weighted by Crippen LogP contribution is -2.46. The largest absolute Gasteiger partial charge is 0.364 e. The predicted octanol–water partition coefficient (Wildman–Crippen LogP) is 0.431. The van der Waals surface area contributed by atoms with Crippen molar-refractivity contribution in [3.05, 3.63) is 42.2 Å². The van der Waals surface area contributed by atoms with Crippen LogP contribution < -0.4 is 22.1 Å². The number of halogens is 1. The first-order chi connectivity index (χ1) is 12.3. The minimum absolute atomic E-state index is 0. The molecule has 1 aromatic heterocycles. The van der Waals surface area contributed by atoms with Gasteiger partial charge < -0.3 is 22.1 Å². The van der Waals surface area contributed by atoms with Gasteiger partial charge in [0.15, 0.2) is 0 Å². The maximum Gasteiger partial charge on any atom is 0.269 e. The maximum absolute atomic E-state index is 12.1. The van der Waals surface area contributed by atoms with Crippen molar-refractivity contribution in [1.82, 2.24) is 15.1 Å². The molecule has 0 radical (unpaired) electrons. The molecule has 0 fully saturated rings. The summed E-state index contributed by atoms with van der Waals surface area (Å²) in [5.41, 5.74) is 12.1. The van der Waals surface area contributed by atoms with E-state index in [9.17, 15) is 14.4 Å². The Morgan fingerprint density at radius 3 is 2.44 bits per heavy atom. The molecular weight excluding hydrogens is 372 g/mol. The van der Waals surface area contributed by atoms with E-state index in [1.165, 1.54) is 10.7 Å². The van der Waals surface area contributed by atoms with Crippen LogP contribution in [-0.2, 0) is 9.59 Å². The highest BCUT2D eigenvalue weighted by Gasteiger charge is 2.18. The van der Waals surface area contributed by atoms with Crippen LogP contribution in [-0.4, -0.2) is 40.1 Å². The first-order valence-electron chi connectivity index (χ1n) is 8.07. The highest BCUT2D eigenvalue weighted by atomic mass is 35.5. The normalized spacial score (nSPS) is 11.4. The summed E-state index contributed by atoms with van der Waals surface area (Å²) >= 11 is 0. The number of nitrogens with two attached hydrogens (primary N) is 2. The number of benzene rings is 1. The highest BCUT2D eigenvalue weighted by molar-refractivity contribution is 5.96. The van der Waals surface area contributed by atoms with Crippen molar-refractivity contribution in [2.24, 2.45) is 17.4 Å². The van der Waals surface area contributed by atoms with Crippen molar-refractivity contribution in [3.63, 3.8) is 0 Å². The van der Waals surface area contributed by atoms with E-state index in [0.717, 1.165) is 0 Å². The van der Waals surface area contributed by atoms with Gasteiger partial charge in [-0.3, -0.25) is 14.4 Å². The predicted molar refractivity (Wildman–Crippen MR) is 104 cm³/mol. The van der Waals surface area contributed by atoms with Crippen LogP contribution in [0.25, 0.3) is 5.69 Å². The molecule has 0 aliphatic heterocycles. The summed E-state index contributed by atoms with van der Waals surface area (Å²) in [5.74, 6) is -1.47. The fraction of sp³-hybridized carbons (Fsp3) is 0.294. The topological polar surface area (TPSA) is 145 Å². The van der Waals surface area contributed by atoms with Crippen LogP contribution in [0.15, 0.2) is 36.5 Å². The molecule has 0 saturated carbocycles. The molecule has 10 heteroatoms. The van der Waals surface area contributed by atoms with Crippen molar-refractivity contribution in [2.75, 3.05) is 11.9 Å². The molecule has 1 heterocycles. The quantitative estimate of drug-likeness (QED) is 0.538. The molecule has 6 N–H and O–H groups in total. The molecule has 27 heavy (non-hydrogen) atoms. The number of hydrogen-bond donors (Lipinski definition) is 4. The number of rotatable bonds is 7. The van der Waals surface area contributed by atoms with Crippen molar-refractivity contribution in [3.8, 4) is 5.69 Å². The van der Waals surface area contributed by atoms with Crippen LogP contribution >= 0.6 is 12.4 Å². The number of anilines is 1. The van der Waals surface area contributed by atoms with E-state index in [1.807, 2.05) is 13.8 Å². The molecule has 2 aromatic rings. The van der Waals surface area contributed by atoms with Crippen molar-refractivity contribution >= 4 is 35.8 Å². The maximum atomic E-state index is 12.1. The van der Waals surface area contributed by atoms with Crippen molar-refractivity contribution in [1.29, 1.82) is 0 Å². The Morgan fingerprint density at radius 2 is 1.85 bits per heavy atom. The minimum Gasteiger partial charge on any atom is -0.364 e. The molecule has 1 aromatic carbocycles. The second-order valence-electron chi connectivity index (χ2n) is 6.06. The van der Waals surface area contributed by atoms with E-state index in [2.05, 4.69) is 15.7 Å². The number of carbonyl (C=O) groups excluding carboxylic acids is 3. The average molecular weight is 395 g/mol. The van der Waals surface area contributed by atoms with Gasteiger partial charge in [-0.1, -0.05) is 26.0 Å². The van der Waals surface area contributed by atoms with Crippen molar-refractivity contribution < 1.29 is 14.4 Å². The zero-order valence-electron chi connectivity index (χ0n) is 15.0. The molecule has 1 atom stereocenters. The van der Waals surface area contributed by atoms with Gasteiger partial charge in [0.25, 0.3) is 5.91 Å². The summed E-state index contributed by atoms with van der Waals surface area (Å²) in [6, 6.07) is 7.71. The number of primary amides is 1. The molecule has 9 nitrogen and oxygen atoms in total. The number of para-hydroxylation sites is 2. The Labute approximate surface area is 162 Å². The number of nitrogens with one attached hydrogen (secondary N) is 2. The van der Waals surface area contributed by atoms with E-state index in [1.54, 1.807) is 30.5 Å². The van der Waals surface area contributed by atoms with Gasteiger partial charge in [-0.05, 0) is 24.1 Å².